The van der Waals surface area contributed by atoms with Crippen LogP contribution >= 0.6 is 0 Å². The fourth-order valence-electron chi connectivity index (χ4n) is 3.40. The summed E-state index contributed by atoms with van der Waals surface area (Å²) in [5.41, 5.74) is 0.192. The summed E-state index contributed by atoms with van der Waals surface area (Å²) in [5, 5.41) is 9.69. The van der Waals surface area contributed by atoms with Gasteiger partial charge in [-0.3, -0.25) is 13.9 Å². The summed E-state index contributed by atoms with van der Waals surface area (Å²) in [7, 11) is 0. The van der Waals surface area contributed by atoms with E-state index in [-0.39, 0.29) is 13.2 Å². The van der Waals surface area contributed by atoms with Gasteiger partial charge in [0.1, 0.15) is 18.2 Å². The van der Waals surface area contributed by atoms with Gasteiger partial charge in [0.25, 0.3) is 5.56 Å². The molecule has 0 spiro atoms. The van der Waals surface area contributed by atoms with Crippen molar-refractivity contribution in [1.29, 1.82) is 0 Å². The zero-order chi connectivity index (χ0) is 20.3. The van der Waals surface area contributed by atoms with Crippen molar-refractivity contribution >= 4 is 11.2 Å². The minimum atomic E-state index is -0.474. The van der Waals surface area contributed by atoms with Gasteiger partial charge >= 0.3 is 5.69 Å². The molecule has 0 aliphatic rings. The first-order valence-electron chi connectivity index (χ1n) is 9.59. The second-order valence-corrected chi connectivity index (χ2v) is 6.82. The number of halogens is 1. The van der Waals surface area contributed by atoms with Gasteiger partial charge in [-0.2, -0.15) is 0 Å². The molecule has 0 atom stereocenters. The van der Waals surface area contributed by atoms with Crippen molar-refractivity contribution in [3.63, 3.8) is 0 Å². The minimum Gasteiger partial charge on any atom is -0.388 e. The molecular formula is C20H25FN4O3. The van der Waals surface area contributed by atoms with Crippen LogP contribution in [0.5, 0.6) is 0 Å². The molecule has 7 nitrogen and oxygen atoms in total. The zero-order valence-corrected chi connectivity index (χ0v) is 16.2. The Labute approximate surface area is 161 Å². The molecule has 3 rings (SSSR count). The predicted octanol–water partition coefficient (Wildman–Crippen LogP) is 2.25. The highest BCUT2D eigenvalue weighted by Crippen LogP contribution is 2.14. The van der Waals surface area contributed by atoms with Crippen molar-refractivity contribution in [2.75, 3.05) is 0 Å². The van der Waals surface area contributed by atoms with Crippen molar-refractivity contribution < 1.29 is 9.50 Å². The van der Waals surface area contributed by atoms with Gasteiger partial charge in [0.05, 0.1) is 6.54 Å². The quantitative estimate of drug-likeness (QED) is 0.642. The van der Waals surface area contributed by atoms with Crippen LogP contribution < -0.4 is 11.2 Å². The van der Waals surface area contributed by atoms with Gasteiger partial charge < -0.3 is 9.67 Å². The Hall–Kier alpha value is -2.74. The third-order valence-electron chi connectivity index (χ3n) is 4.75. The molecule has 0 saturated carbocycles. The van der Waals surface area contributed by atoms with Gasteiger partial charge in [-0.05, 0) is 30.5 Å². The number of nitrogens with zero attached hydrogens (tertiary/aromatic N) is 4. The largest absolute Gasteiger partial charge is 0.388 e. The Morgan fingerprint density at radius 1 is 1.07 bits per heavy atom. The number of benzene rings is 1. The standard InChI is InChI=1S/C20H25FN4O3/c1-3-5-10-24-18-17(23(9-4-2)16(13-26)22-18)19(27)25(20(24)28)12-14-7-6-8-15(21)11-14/h6-8,11,26H,3-5,9-10,12-13H2,1-2H3. The molecule has 0 aliphatic carbocycles. The number of unbranched alkanes of at least 4 members (excludes halogenated alkanes) is 1. The van der Waals surface area contributed by atoms with Gasteiger partial charge in [-0.15, -0.1) is 0 Å². The lowest BCUT2D eigenvalue weighted by Crippen LogP contribution is -2.41. The molecule has 1 aromatic carbocycles. The first-order valence-corrected chi connectivity index (χ1v) is 9.59. The van der Waals surface area contributed by atoms with E-state index in [9.17, 15) is 19.1 Å². The summed E-state index contributed by atoms with van der Waals surface area (Å²) < 4.78 is 17.9. The van der Waals surface area contributed by atoms with E-state index in [4.69, 9.17) is 0 Å². The molecule has 0 bridgehead atoms. The Balaban J connectivity index is 2.29. The van der Waals surface area contributed by atoms with Crippen LogP contribution in [0.3, 0.4) is 0 Å². The van der Waals surface area contributed by atoms with Crippen LogP contribution in [-0.4, -0.2) is 23.8 Å². The Kier molecular flexibility index (Phi) is 6.08. The lowest BCUT2D eigenvalue weighted by Gasteiger charge is -2.12. The van der Waals surface area contributed by atoms with E-state index < -0.39 is 17.1 Å². The number of hydrogen-bond acceptors (Lipinski definition) is 4. The molecule has 0 amide bonds. The smallest absolute Gasteiger partial charge is 0.333 e. The second kappa shape index (κ2) is 8.52. The first-order chi connectivity index (χ1) is 13.5. The van der Waals surface area contributed by atoms with Crippen LogP contribution in [-0.2, 0) is 26.2 Å². The van der Waals surface area contributed by atoms with Gasteiger partial charge in [-0.25, -0.2) is 14.2 Å². The molecular weight excluding hydrogens is 363 g/mol. The monoisotopic (exact) mass is 388 g/mol. The summed E-state index contributed by atoms with van der Waals surface area (Å²) in [6.07, 6.45) is 2.37. The number of hydrogen-bond donors (Lipinski definition) is 1. The van der Waals surface area contributed by atoms with Crippen LogP contribution in [0.1, 0.15) is 44.5 Å². The molecule has 0 radical (unpaired) electrons. The molecule has 0 aliphatic heterocycles. The molecule has 0 fully saturated rings. The third-order valence-corrected chi connectivity index (χ3v) is 4.75. The molecule has 150 valence electrons. The second-order valence-electron chi connectivity index (χ2n) is 6.82. The molecule has 1 N–H and O–H groups in total. The fraction of sp³-hybridized carbons (Fsp3) is 0.450. The maximum Gasteiger partial charge on any atom is 0.333 e. The Morgan fingerprint density at radius 2 is 1.86 bits per heavy atom. The summed E-state index contributed by atoms with van der Waals surface area (Å²) >= 11 is 0. The lowest BCUT2D eigenvalue weighted by atomic mass is 10.2. The number of aromatic nitrogens is 4. The minimum absolute atomic E-state index is 0.0245. The summed E-state index contributed by atoms with van der Waals surface area (Å²) in [4.78, 5) is 30.7. The highest BCUT2D eigenvalue weighted by molar-refractivity contribution is 5.71. The van der Waals surface area contributed by atoms with E-state index >= 15 is 0 Å². The Bertz CT molecular complexity index is 1100. The maximum atomic E-state index is 13.6. The highest BCUT2D eigenvalue weighted by Gasteiger charge is 2.21. The van der Waals surface area contributed by atoms with Crippen LogP contribution in [0.15, 0.2) is 33.9 Å². The molecule has 0 unspecified atom stereocenters. The third kappa shape index (κ3) is 3.64. The summed E-state index contributed by atoms with van der Waals surface area (Å²) in [5.74, 6) is -0.0568. The normalized spacial score (nSPS) is 11.4. The summed E-state index contributed by atoms with van der Waals surface area (Å²) in [6.45, 7) is 4.56. The van der Waals surface area contributed by atoms with Crippen LogP contribution in [0.25, 0.3) is 11.2 Å². The van der Waals surface area contributed by atoms with E-state index in [1.54, 1.807) is 16.7 Å². The molecule has 3 aromatic rings. The molecule has 8 heteroatoms. The van der Waals surface area contributed by atoms with E-state index in [1.807, 2.05) is 13.8 Å². The molecule has 28 heavy (non-hydrogen) atoms. The van der Waals surface area contributed by atoms with Crippen molar-refractivity contribution in [1.82, 2.24) is 18.7 Å². The zero-order valence-electron chi connectivity index (χ0n) is 16.2. The van der Waals surface area contributed by atoms with Crippen molar-refractivity contribution in [2.45, 2.75) is 59.4 Å². The van der Waals surface area contributed by atoms with Crippen LogP contribution in [0, 0.1) is 5.82 Å². The fourth-order valence-corrected chi connectivity index (χ4v) is 3.40. The van der Waals surface area contributed by atoms with Crippen molar-refractivity contribution in [3.05, 3.63) is 62.3 Å². The maximum absolute atomic E-state index is 13.6. The average molecular weight is 388 g/mol. The van der Waals surface area contributed by atoms with Gasteiger partial charge in [0.2, 0.25) is 0 Å². The average Bonchev–Trinajstić information content (AvgIpc) is 3.04. The summed E-state index contributed by atoms with van der Waals surface area (Å²) in [6, 6.07) is 5.86. The van der Waals surface area contributed by atoms with Gasteiger partial charge in [0.15, 0.2) is 11.2 Å². The predicted molar refractivity (Wildman–Crippen MR) is 105 cm³/mol. The number of aryl methyl sites for hydroxylation is 2. The lowest BCUT2D eigenvalue weighted by molar-refractivity contribution is 0.265. The molecule has 0 saturated heterocycles. The number of imidazole rings is 1. The first kappa shape index (κ1) is 20.0. The van der Waals surface area contributed by atoms with E-state index in [2.05, 4.69) is 4.98 Å². The van der Waals surface area contributed by atoms with Crippen molar-refractivity contribution in [3.8, 4) is 0 Å². The van der Waals surface area contributed by atoms with E-state index in [0.717, 1.165) is 23.8 Å². The van der Waals surface area contributed by atoms with Gasteiger partial charge in [-0.1, -0.05) is 32.4 Å². The van der Waals surface area contributed by atoms with E-state index in [0.29, 0.717) is 35.6 Å². The number of fused-ring (bicyclic) bond motifs is 1. The van der Waals surface area contributed by atoms with E-state index in [1.165, 1.54) is 16.7 Å². The SMILES string of the molecule is CCCCn1c(=O)n(Cc2cccc(F)c2)c(=O)c2c1nc(CO)n2CCC. The topological polar surface area (TPSA) is 82.1 Å². The number of rotatable bonds is 8. The van der Waals surface area contributed by atoms with Crippen LogP contribution in [0.2, 0.25) is 0 Å². The molecule has 2 heterocycles. The number of aliphatic hydroxyl groups excluding tert-OH is 1. The number of aliphatic hydroxyl groups is 1. The van der Waals surface area contributed by atoms with Crippen molar-refractivity contribution in [2.24, 2.45) is 0 Å². The van der Waals surface area contributed by atoms with Gasteiger partial charge in [0, 0.05) is 13.1 Å². The Morgan fingerprint density at radius 3 is 2.50 bits per heavy atom. The van der Waals surface area contributed by atoms with Crippen LogP contribution in [0.4, 0.5) is 4.39 Å². The molecule has 2 aromatic heterocycles. The highest BCUT2D eigenvalue weighted by atomic mass is 19.1.